The Morgan fingerprint density at radius 1 is 1.56 bits per heavy atom. The summed E-state index contributed by atoms with van der Waals surface area (Å²) < 4.78 is 5.07. The molecule has 4 heteroatoms. The summed E-state index contributed by atoms with van der Waals surface area (Å²) in [5.41, 5.74) is -0.433. The van der Waals surface area contributed by atoms with Crippen molar-refractivity contribution in [1.82, 2.24) is 5.32 Å². The zero-order valence-electron chi connectivity index (χ0n) is 12.1. The largest absolute Gasteiger partial charge is 0.468 e. The van der Waals surface area contributed by atoms with Crippen molar-refractivity contribution in [2.24, 2.45) is 5.92 Å². The second-order valence-electron chi connectivity index (χ2n) is 5.34. The Morgan fingerprint density at radius 3 is 2.83 bits per heavy atom. The third-order valence-electron chi connectivity index (χ3n) is 3.73. The first-order valence-corrected chi connectivity index (χ1v) is 8.16. The highest BCUT2D eigenvalue weighted by atomic mass is 32.2. The van der Waals surface area contributed by atoms with Crippen LogP contribution in [0, 0.1) is 5.92 Å². The minimum Gasteiger partial charge on any atom is -0.468 e. The number of rotatable bonds is 7. The number of hydrogen-bond acceptors (Lipinski definition) is 4. The van der Waals surface area contributed by atoms with E-state index in [1.807, 2.05) is 11.8 Å². The van der Waals surface area contributed by atoms with Crippen LogP contribution in [-0.4, -0.2) is 36.2 Å². The standard InChI is InChI=1S/C14H27NO2S/c1-5-18-10-8-12-7-6-9-14(12,13(16)17-4)15-11(2)3/h11-12,15H,5-10H2,1-4H3. The van der Waals surface area contributed by atoms with Crippen molar-refractivity contribution in [1.29, 1.82) is 0 Å². The van der Waals surface area contributed by atoms with Gasteiger partial charge in [0.15, 0.2) is 0 Å². The van der Waals surface area contributed by atoms with Gasteiger partial charge in [-0.25, -0.2) is 0 Å². The van der Waals surface area contributed by atoms with E-state index in [1.165, 1.54) is 7.11 Å². The maximum Gasteiger partial charge on any atom is 0.326 e. The van der Waals surface area contributed by atoms with Crippen molar-refractivity contribution >= 4 is 17.7 Å². The number of nitrogens with one attached hydrogen (secondary N) is 1. The van der Waals surface area contributed by atoms with Crippen LogP contribution in [0.4, 0.5) is 0 Å². The van der Waals surface area contributed by atoms with E-state index in [-0.39, 0.29) is 5.97 Å². The molecule has 0 aromatic rings. The summed E-state index contributed by atoms with van der Waals surface area (Å²) >= 11 is 1.95. The SMILES string of the molecule is CCSCCC1CCCC1(NC(C)C)C(=O)OC. The molecule has 3 nitrogen and oxygen atoms in total. The van der Waals surface area contributed by atoms with Crippen molar-refractivity contribution in [3.8, 4) is 0 Å². The molecule has 1 saturated carbocycles. The van der Waals surface area contributed by atoms with Gasteiger partial charge >= 0.3 is 5.97 Å². The van der Waals surface area contributed by atoms with Gasteiger partial charge in [-0.2, -0.15) is 11.8 Å². The van der Waals surface area contributed by atoms with Crippen molar-refractivity contribution in [2.45, 2.75) is 58.0 Å². The van der Waals surface area contributed by atoms with Crippen LogP contribution in [-0.2, 0) is 9.53 Å². The van der Waals surface area contributed by atoms with Crippen LogP contribution < -0.4 is 5.32 Å². The van der Waals surface area contributed by atoms with Crippen molar-refractivity contribution in [2.75, 3.05) is 18.6 Å². The Morgan fingerprint density at radius 2 is 2.28 bits per heavy atom. The second-order valence-corrected chi connectivity index (χ2v) is 6.73. The predicted molar refractivity (Wildman–Crippen MR) is 78.0 cm³/mol. The molecule has 1 aliphatic carbocycles. The van der Waals surface area contributed by atoms with Gasteiger partial charge in [0.25, 0.3) is 0 Å². The molecule has 0 aromatic heterocycles. The summed E-state index contributed by atoms with van der Waals surface area (Å²) in [5, 5.41) is 3.50. The number of thioether (sulfide) groups is 1. The fourth-order valence-electron chi connectivity index (χ4n) is 3.05. The molecule has 1 N–H and O–H groups in total. The lowest BCUT2D eigenvalue weighted by Crippen LogP contribution is -2.57. The Hall–Kier alpha value is -0.220. The number of carbonyl (C=O) groups excluding carboxylic acids is 1. The predicted octanol–water partition coefficient (Wildman–Crippen LogP) is 2.84. The molecule has 18 heavy (non-hydrogen) atoms. The second kappa shape index (κ2) is 7.39. The van der Waals surface area contributed by atoms with Crippen LogP contribution in [0.2, 0.25) is 0 Å². The van der Waals surface area contributed by atoms with Crippen LogP contribution in [0.25, 0.3) is 0 Å². The molecule has 1 rings (SSSR count). The van der Waals surface area contributed by atoms with E-state index in [1.54, 1.807) is 0 Å². The van der Waals surface area contributed by atoms with Gasteiger partial charge in [-0.05, 0) is 50.5 Å². The zero-order chi connectivity index (χ0) is 13.6. The topological polar surface area (TPSA) is 38.3 Å². The first-order chi connectivity index (χ1) is 8.56. The molecule has 1 fully saturated rings. The molecule has 0 amide bonds. The molecule has 0 aliphatic heterocycles. The van der Waals surface area contributed by atoms with Gasteiger partial charge in [0.2, 0.25) is 0 Å². The van der Waals surface area contributed by atoms with E-state index in [0.29, 0.717) is 12.0 Å². The molecule has 0 saturated heterocycles. The molecule has 2 atom stereocenters. The van der Waals surface area contributed by atoms with Gasteiger partial charge in [0.05, 0.1) is 7.11 Å². The van der Waals surface area contributed by atoms with E-state index in [4.69, 9.17) is 4.74 Å². The molecular weight excluding hydrogens is 246 g/mol. The molecule has 0 aromatic carbocycles. The fourth-order valence-corrected chi connectivity index (χ4v) is 3.79. The third kappa shape index (κ3) is 3.64. The fraction of sp³-hybridized carbons (Fsp3) is 0.929. The minimum absolute atomic E-state index is 0.0693. The average molecular weight is 273 g/mol. The van der Waals surface area contributed by atoms with Crippen molar-refractivity contribution < 1.29 is 9.53 Å². The summed E-state index contributed by atoms with van der Waals surface area (Å²) in [6.45, 7) is 6.38. The van der Waals surface area contributed by atoms with Gasteiger partial charge in [-0.15, -0.1) is 0 Å². The van der Waals surface area contributed by atoms with Crippen LogP contribution in [0.15, 0.2) is 0 Å². The summed E-state index contributed by atoms with van der Waals surface area (Å²) in [5.74, 6) is 2.64. The quantitative estimate of drug-likeness (QED) is 0.572. The highest BCUT2D eigenvalue weighted by Gasteiger charge is 2.49. The lowest BCUT2D eigenvalue weighted by molar-refractivity contribution is -0.150. The number of esters is 1. The summed E-state index contributed by atoms with van der Waals surface area (Å²) in [7, 11) is 1.50. The highest BCUT2D eigenvalue weighted by Crippen LogP contribution is 2.39. The number of ether oxygens (including phenoxy) is 1. The number of carbonyl (C=O) groups is 1. The van der Waals surface area contributed by atoms with Crippen molar-refractivity contribution in [3.63, 3.8) is 0 Å². The Labute approximate surface area is 115 Å². The normalized spacial score (nSPS) is 27.7. The monoisotopic (exact) mass is 273 g/mol. The molecule has 0 spiro atoms. The highest BCUT2D eigenvalue weighted by molar-refractivity contribution is 7.99. The van der Waals surface area contributed by atoms with Gasteiger partial charge in [-0.3, -0.25) is 10.1 Å². The molecule has 0 heterocycles. The van der Waals surface area contributed by atoms with Crippen molar-refractivity contribution in [3.05, 3.63) is 0 Å². The molecule has 2 unspecified atom stereocenters. The Kier molecular flexibility index (Phi) is 6.50. The maximum absolute atomic E-state index is 12.2. The van der Waals surface area contributed by atoms with E-state index in [2.05, 4.69) is 26.1 Å². The average Bonchev–Trinajstić information content (AvgIpc) is 2.72. The lowest BCUT2D eigenvalue weighted by atomic mass is 9.84. The van der Waals surface area contributed by atoms with Gasteiger partial charge in [0.1, 0.15) is 5.54 Å². The van der Waals surface area contributed by atoms with Crippen LogP contribution in [0.5, 0.6) is 0 Å². The number of methoxy groups -OCH3 is 1. The van der Waals surface area contributed by atoms with Gasteiger partial charge < -0.3 is 4.74 Å². The van der Waals surface area contributed by atoms with E-state index in [0.717, 1.165) is 37.2 Å². The summed E-state index contributed by atoms with van der Waals surface area (Å²) in [6, 6.07) is 0.309. The Balaban J connectivity index is 2.75. The third-order valence-corrected chi connectivity index (χ3v) is 4.66. The minimum atomic E-state index is -0.433. The van der Waals surface area contributed by atoms with Crippen LogP contribution in [0.3, 0.4) is 0 Å². The van der Waals surface area contributed by atoms with E-state index < -0.39 is 5.54 Å². The lowest BCUT2D eigenvalue weighted by Gasteiger charge is -2.35. The van der Waals surface area contributed by atoms with Gasteiger partial charge in [0, 0.05) is 6.04 Å². The zero-order valence-corrected chi connectivity index (χ0v) is 12.9. The smallest absolute Gasteiger partial charge is 0.326 e. The molecular formula is C14H27NO2S. The first-order valence-electron chi connectivity index (χ1n) is 7.00. The Bertz CT molecular complexity index is 271. The molecule has 1 aliphatic rings. The summed E-state index contributed by atoms with van der Waals surface area (Å²) in [4.78, 5) is 12.2. The molecule has 0 bridgehead atoms. The van der Waals surface area contributed by atoms with Crippen LogP contribution in [0.1, 0.15) is 46.5 Å². The summed E-state index contributed by atoms with van der Waals surface area (Å²) in [6.07, 6.45) is 4.28. The molecule has 106 valence electrons. The van der Waals surface area contributed by atoms with E-state index in [9.17, 15) is 4.79 Å². The van der Waals surface area contributed by atoms with E-state index >= 15 is 0 Å². The first kappa shape index (κ1) is 15.8. The molecule has 0 radical (unpaired) electrons. The number of hydrogen-bond donors (Lipinski definition) is 1. The van der Waals surface area contributed by atoms with Crippen LogP contribution >= 0.6 is 11.8 Å². The van der Waals surface area contributed by atoms with Gasteiger partial charge in [-0.1, -0.05) is 13.3 Å². The maximum atomic E-state index is 12.2.